The fourth-order valence-corrected chi connectivity index (χ4v) is 2.66. The summed E-state index contributed by atoms with van der Waals surface area (Å²) < 4.78 is 18.4. The van der Waals surface area contributed by atoms with Crippen molar-refractivity contribution in [1.29, 1.82) is 0 Å². The average molecular weight is 267 g/mol. The first-order chi connectivity index (χ1) is 9.02. The lowest BCUT2D eigenvalue weighted by atomic mass is 9.86. The maximum atomic E-state index is 12.9. The van der Waals surface area contributed by atoms with Crippen molar-refractivity contribution in [3.63, 3.8) is 0 Å². The number of hydrogen-bond acceptors (Lipinski definition) is 3. The van der Waals surface area contributed by atoms with Crippen LogP contribution in [0.4, 0.5) is 4.39 Å². The molecule has 0 heterocycles. The van der Waals surface area contributed by atoms with Gasteiger partial charge in [-0.2, -0.15) is 0 Å². The van der Waals surface area contributed by atoms with Crippen molar-refractivity contribution in [2.24, 2.45) is 11.7 Å². The van der Waals surface area contributed by atoms with Crippen molar-refractivity contribution in [2.75, 3.05) is 6.61 Å². The second-order valence-corrected chi connectivity index (χ2v) is 5.03. The lowest BCUT2D eigenvalue weighted by molar-refractivity contribution is -0.144. The summed E-state index contributed by atoms with van der Waals surface area (Å²) in [7, 11) is 0. The summed E-state index contributed by atoms with van der Waals surface area (Å²) in [5, 5.41) is 9.18. The molecule has 1 saturated carbocycles. The third kappa shape index (κ3) is 3.04. The molecule has 0 aliphatic heterocycles. The Morgan fingerprint density at radius 2 is 2.37 bits per heavy atom. The maximum Gasteiger partial charge on any atom is 0.323 e. The molecule has 1 fully saturated rings. The standard InChI is InChI=1S/C14H18FNO3/c15-11-4-1-5-12(9-11)19-8-6-10-3-2-7-14(10,16)13(17)18/h1,4-5,9-10H,2-3,6-8,16H2,(H,17,18). The van der Waals surface area contributed by atoms with Gasteiger partial charge >= 0.3 is 5.97 Å². The first kappa shape index (κ1) is 13.8. The van der Waals surface area contributed by atoms with Crippen LogP contribution in [0, 0.1) is 11.7 Å². The average Bonchev–Trinajstić information content (AvgIpc) is 2.73. The summed E-state index contributed by atoms with van der Waals surface area (Å²) in [4.78, 5) is 11.2. The van der Waals surface area contributed by atoms with E-state index in [-0.39, 0.29) is 11.7 Å². The Morgan fingerprint density at radius 3 is 3.05 bits per heavy atom. The fourth-order valence-electron chi connectivity index (χ4n) is 2.66. The SMILES string of the molecule is NC1(C(=O)O)CCCC1CCOc1cccc(F)c1. The van der Waals surface area contributed by atoms with Crippen LogP contribution >= 0.6 is 0 Å². The van der Waals surface area contributed by atoms with Crippen LogP contribution in [0.15, 0.2) is 24.3 Å². The number of ether oxygens (including phenoxy) is 1. The molecular formula is C14H18FNO3. The zero-order valence-electron chi connectivity index (χ0n) is 10.6. The number of aliphatic carboxylic acids is 1. The van der Waals surface area contributed by atoms with Crippen molar-refractivity contribution in [3.8, 4) is 5.75 Å². The van der Waals surface area contributed by atoms with E-state index in [1.807, 2.05) is 0 Å². The predicted octanol–water partition coefficient (Wildman–Crippen LogP) is 2.18. The zero-order valence-corrected chi connectivity index (χ0v) is 10.6. The number of carboxylic acids is 1. The molecule has 0 saturated heterocycles. The summed E-state index contributed by atoms with van der Waals surface area (Å²) in [6.45, 7) is 0.348. The largest absolute Gasteiger partial charge is 0.493 e. The van der Waals surface area contributed by atoms with Gasteiger partial charge in [-0.1, -0.05) is 12.5 Å². The summed E-state index contributed by atoms with van der Waals surface area (Å²) in [6.07, 6.45) is 2.70. The smallest absolute Gasteiger partial charge is 0.323 e. The van der Waals surface area contributed by atoms with E-state index in [1.54, 1.807) is 12.1 Å². The first-order valence-electron chi connectivity index (χ1n) is 6.43. The van der Waals surface area contributed by atoms with Crippen molar-refractivity contribution in [3.05, 3.63) is 30.1 Å². The van der Waals surface area contributed by atoms with Crippen LogP contribution in [0.1, 0.15) is 25.7 Å². The van der Waals surface area contributed by atoms with E-state index >= 15 is 0 Å². The summed E-state index contributed by atoms with van der Waals surface area (Å²) in [5.74, 6) is -0.924. The Balaban J connectivity index is 1.87. The molecule has 2 unspecified atom stereocenters. The van der Waals surface area contributed by atoms with Gasteiger partial charge in [-0.05, 0) is 37.3 Å². The molecule has 5 heteroatoms. The van der Waals surface area contributed by atoms with Gasteiger partial charge in [-0.15, -0.1) is 0 Å². The minimum absolute atomic E-state index is 0.0847. The Hall–Kier alpha value is -1.62. The summed E-state index contributed by atoms with van der Waals surface area (Å²) in [5.41, 5.74) is 4.80. The third-order valence-corrected chi connectivity index (χ3v) is 3.80. The molecule has 1 aliphatic carbocycles. The minimum atomic E-state index is -1.13. The fraction of sp³-hybridized carbons (Fsp3) is 0.500. The molecule has 0 radical (unpaired) electrons. The molecule has 2 atom stereocenters. The van der Waals surface area contributed by atoms with Gasteiger partial charge in [0.25, 0.3) is 0 Å². The van der Waals surface area contributed by atoms with Crippen molar-refractivity contribution in [1.82, 2.24) is 0 Å². The molecule has 1 aliphatic rings. The summed E-state index contributed by atoms with van der Waals surface area (Å²) >= 11 is 0. The van der Waals surface area contributed by atoms with Gasteiger partial charge in [0.2, 0.25) is 0 Å². The van der Waals surface area contributed by atoms with Gasteiger partial charge in [0, 0.05) is 6.07 Å². The van der Waals surface area contributed by atoms with Gasteiger partial charge in [-0.3, -0.25) is 4.79 Å². The van der Waals surface area contributed by atoms with Crippen LogP contribution in [0.2, 0.25) is 0 Å². The normalized spacial score (nSPS) is 26.3. The highest BCUT2D eigenvalue weighted by Gasteiger charge is 2.45. The number of carboxylic acid groups (broad SMARTS) is 1. The van der Waals surface area contributed by atoms with Gasteiger partial charge in [0.1, 0.15) is 17.1 Å². The number of rotatable bonds is 5. The highest BCUT2D eigenvalue weighted by atomic mass is 19.1. The number of carbonyl (C=O) groups is 1. The molecule has 19 heavy (non-hydrogen) atoms. The van der Waals surface area contributed by atoms with Crippen LogP contribution in [0.25, 0.3) is 0 Å². The maximum absolute atomic E-state index is 12.9. The molecular weight excluding hydrogens is 249 g/mol. The van der Waals surface area contributed by atoms with Crippen molar-refractivity contribution >= 4 is 5.97 Å². The molecule has 1 aromatic carbocycles. The molecule has 0 bridgehead atoms. The Bertz CT molecular complexity index is 466. The van der Waals surface area contributed by atoms with Gasteiger partial charge in [0.15, 0.2) is 0 Å². The Kier molecular flexibility index (Phi) is 4.04. The van der Waals surface area contributed by atoms with E-state index in [0.29, 0.717) is 25.2 Å². The molecule has 3 N–H and O–H groups in total. The quantitative estimate of drug-likeness (QED) is 0.857. The van der Waals surface area contributed by atoms with Crippen LogP contribution in [-0.2, 0) is 4.79 Å². The van der Waals surface area contributed by atoms with Crippen LogP contribution in [0.5, 0.6) is 5.75 Å². The number of benzene rings is 1. The highest BCUT2D eigenvalue weighted by Crippen LogP contribution is 2.36. The molecule has 0 spiro atoms. The minimum Gasteiger partial charge on any atom is -0.493 e. The molecule has 4 nitrogen and oxygen atoms in total. The van der Waals surface area contributed by atoms with E-state index in [2.05, 4.69) is 0 Å². The van der Waals surface area contributed by atoms with E-state index in [4.69, 9.17) is 10.5 Å². The van der Waals surface area contributed by atoms with Crippen LogP contribution < -0.4 is 10.5 Å². The Morgan fingerprint density at radius 1 is 1.58 bits per heavy atom. The topological polar surface area (TPSA) is 72.6 Å². The third-order valence-electron chi connectivity index (χ3n) is 3.80. The van der Waals surface area contributed by atoms with Crippen molar-refractivity contribution < 1.29 is 19.0 Å². The van der Waals surface area contributed by atoms with Crippen LogP contribution in [-0.4, -0.2) is 23.2 Å². The lowest BCUT2D eigenvalue weighted by Gasteiger charge is -2.26. The van der Waals surface area contributed by atoms with Gasteiger partial charge < -0.3 is 15.6 Å². The summed E-state index contributed by atoms with van der Waals surface area (Å²) in [6, 6.07) is 5.90. The molecule has 0 amide bonds. The first-order valence-corrected chi connectivity index (χ1v) is 6.43. The number of hydrogen-bond donors (Lipinski definition) is 2. The predicted molar refractivity (Wildman–Crippen MR) is 68.4 cm³/mol. The molecule has 104 valence electrons. The van der Waals surface area contributed by atoms with E-state index in [0.717, 1.165) is 12.8 Å². The second kappa shape index (κ2) is 5.57. The van der Waals surface area contributed by atoms with E-state index in [1.165, 1.54) is 12.1 Å². The van der Waals surface area contributed by atoms with E-state index < -0.39 is 11.5 Å². The van der Waals surface area contributed by atoms with Crippen LogP contribution in [0.3, 0.4) is 0 Å². The Labute approximate surface area is 111 Å². The molecule has 2 rings (SSSR count). The van der Waals surface area contributed by atoms with Gasteiger partial charge in [0.05, 0.1) is 6.61 Å². The van der Waals surface area contributed by atoms with Crippen molar-refractivity contribution in [2.45, 2.75) is 31.2 Å². The van der Waals surface area contributed by atoms with E-state index in [9.17, 15) is 14.3 Å². The molecule has 0 aromatic heterocycles. The highest BCUT2D eigenvalue weighted by molar-refractivity contribution is 5.79. The monoisotopic (exact) mass is 267 g/mol. The molecule has 1 aromatic rings. The second-order valence-electron chi connectivity index (χ2n) is 5.03. The number of halogens is 1. The lowest BCUT2D eigenvalue weighted by Crippen LogP contribution is -2.51. The number of nitrogens with two attached hydrogens (primary N) is 1. The zero-order chi connectivity index (χ0) is 13.9. The van der Waals surface area contributed by atoms with Gasteiger partial charge in [-0.25, -0.2) is 4.39 Å².